The molecular formula is C17H25NO2. The summed E-state index contributed by atoms with van der Waals surface area (Å²) in [6, 6.07) is 8.22. The lowest BCUT2D eigenvalue weighted by Gasteiger charge is -2.32. The molecule has 0 aliphatic heterocycles. The molecule has 1 aromatic carbocycles. The number of amides is 1. The Balaban J connectivity index is 1.92. The van der Waals surface area contributed by atoms with E-state index in [9.17, 15) is 4.79 Å². The van der Waals surface area contributed by atoms with Crippen LogP contribution in [0.1, 0.15) is 44.6 Å². The summed E-state index contributed by atoms with van der Waals surface area (Å²) in [6.45, 7) is 3.87. The van der Waals surface area contributed by atoms with Crippen LogP contribution in [0.3, 0.4) is 0 Å². The van der Waals surface area contributed by atoms with E-state index < -0.39 is 6.10 Å². The van der Waals surface area contributed by atoms with Crippen molar-refractivity contribution in [2.75, 3.05) is 7.05 Å². The molecule has 1 atom stereocenters. The Bertz CT molecular complexity index is 435. The minimum absolute atomic E-state index is 0.0810. The second-order valence-electron chi connectivity index (χ2n) is 5.81. The number of likely N-dealkylation sites (N-methyl/N-ethyl adjacent to an activating group) is 1. The van der Waals surface area contributed by atoms with Crippen LogP contribution >= 0.6 is 0 Å². The molecule has 1 unspecified atom stereocenters. The van der Waals surface area contributed by atoms with Crippen LogP contribution in [-0.4, -0.2) is 30.0 Å². The molecule has 1 fully saturated rings. The van der Waals surface area contributed by atoms with Crippen LogP contribution in [0, 0.1) is 6.92 Å². The Morgan fingerprint density at radius 3 is 2.40 bits per heavy atom. The minimum atomic E-state index is -0.426. The highest BCUT2D eigenvalue weighted by Gasteiger charge is 2.26. The van der Waals surface area contributed by atoms with Crippen molar-refractivity contribution in [3.63, 3.8) is 0 Å². The second kappa shape index (κ2) is 6.78. The maximum absolute atomic E-state index is 12.4. The fourth-order valence-corrected chi connectivity index (χ4v) is 2.81. The summed E-state index contributed by atoms with van der Waals surface area (Å²) in [5, 5.41) is 0. The number of carbonyl (C=O) groups excluding carboxylic acids is 1. The van der Waals surface area contributed by atoms with E-state index in [1.165, 1.54) is 24.8 Å². The third-order valence-corrected chi connectivity index (χ3v) is 4.15. The van der Waals surface area contributed by atoms with E-state index in [0.717, 1.165) is 18.6 Å². The van der Waals surface area contributed by atoms with E-state index in [2.05, 4.69) is 0 Å². The van der Waals surface area contributed by atoms with Gasteiger partial charge in [0.2, 0.25) is 0 Å². The van der Waals surface area contributed by atoms with Crippen molar-refractivity contribution in [1.82, 2.24) is 4.90 Å². The van der Waals surface area contributed by atoms with Crippen LogP contribution in [0.5, 0.6) is 5.75 Å². The van der Waals surface area contributed by atoms with Crippen molar-refractivity contribution in [2.24, 2.45) is 0 Å². The summed E-state index contributed by atoms with van der Waals surface area (Å²) in [5.74, 6) is 0.839. The van der Waals surface area contributed by atoms with E-state index in [-0.39, 0.29) is 5.91 Å². The molecule has 1 saturated carbocycles. The van der Waals surface area contributed by atoms with Crippen molar-refractivity contribution < 1.29 is 9.53 Å². The van der Waals surface area contributed by atoms with Gasteiger partial charge in [0.1, 0.15) is 5.75 Å². The van der Waals surface area contributed by atoms with Gasteiger partial charge in [-0.25, -0.2) is 0 Å². The van der Waals surface area contributed by atoms with Gasteiger partial charge >= 0.3 is 0 Å². The normalized spacial score (nSPS) is 17.6. The topological polar surface area (TPSA) is 29.5 Å². The molecule has 0 spiro atoms. The summed E-state index contributed by atoms with van der Waals surface area (Å²) < 4.78 is 5.75. The van der Waals surface area contributed by atoms with Gasteiger partial charge in [0.25, 0.3) is 5.91 Å². The lowest BCUT2D eigenvalue weighted by atomic mass is 9.94. The fraction of sp³-hybridized carbons (Fsp3) is 0.588. The lowest BCUT2D eigenvalue weighted by Crippen LogP contribution is -2.44. The maximum atomic E-state index is 12.4. The van der Waals surface area contributed by atoms with Crippen LogP contribution in [0.2, 0.25) is 0 Å². The van der Waals surface area contributed by atoms with E-state index in [4.69, 9.17) is 4.74 Å². The Hall–Kier alpha value is -1.51. The van der Waals surface area contributed by atoms with E-state index in [0.29, 0.717) is 6.04 Å². The number of benzene rings is 1. The predicted molar refractivity (Wildman–Crippen MR) is 80.9 cm³/mol. The number of rotatable bonds is 4. The quantitative estimate of drug-likeness (QED) is 0.841. The van der Waals surface area contributed by atoms with Crippen LogP contribution in [0.4, 0.5) is 0 Å². The van der Waals surface area contributed by atoms with Gasteiger partial charge in [0, 0.05) is 13.1 Å². The Labute approximate surface area is 121 Å². The molecule has 0 bridgehead atoms. The third-order valence-electron chi connectivity index (χ3n) is 4.15. The van der Waals surface area contributed by atoms with Gasteiger partial charge in [0.15, 0.2) is 6.10 Å². The standard InChI is InChI=1S/C17H25NO2/c1-13-9-11-16(12-10-13)20-14(2)17(19)18(3)15-7-5-4-6-8-15/h9-12,14-15H,4-8H2,1-3H3. The van der Waals surface area contributed by atoms with Gasteiger partial charge in [0.05, 0.1) is 0 Å². The average Bonchev–Trinajstić information content (AvgIpc) is 2.49. The van der Waals surface area contributed by atoms with Gasteiger partial charge in [-0.15, -0.1) is 0 Å². The van der Waals surface area contributed by atoms with Crippen molar-refractivity contribution in [3.05, 3.63) is 29.8 Å². The molecule has 110 valence electrons. The summed E-state index contributed by atoms with van der Waals surface area (Å²) >= 11 is 0. The SMILES string of the molecule is Cc1ccc(OC(C)C(=O)N(C)C2CCCCC2)cc1. The third kappa shape index (κ3) is 3.75. The van der Waals surface area contributed by atoms with Crippen LogP contribution in [-0.2, 0) is 4.79 Å². The molecule has 0 N–H and O–H groups in total. The molecule has 20 heavy (non-hydrogen) atoms. The molecular weight excluding hydrogens is 250 g/mol. The monoisotopic (exact) mass is 275 g/mol. The first-order valence-corrected chi connectivity index (χ1v) is 7.58. The number of hydrogen-bond donors (Lipinski definition) is 0. The second-order valence-corrected chi connectivity index (χ2v) is 5.81. The zero-order chi connectivity index (χ0) is 14.5. The molecule has 0 aromatic heterocycles. The molecule has 1 aliphatic rings. The summed E-state index contributed by atoms with van der Waals surface area (Å²) in [5.41, 5.74) is 1.19. The molecule has 0 heterocycles. The van der Waals surface area contributed by atoms with Crippen molar-refractivity contribution in [3.8, 4) is 5.75 Å². The summed E-state index contributed by atoms with van der Waals surface area (Å²) in [6.07, 6.45) is 5.59. The zero-order valence-electron chi connectivity index (χ0n) is 12.8. The van der Waals surface area contributed by atoms with Crippen LogP contribution in [0.25, 0.3) is 0 Å². The van der Waals surface area contributed by atoms with Gasteiger partial charge in [-0.2, -0.15) is 0 Å². The highest BCUT2D eigenvalue weighted by Crippen LogP contribution is 2.22. The average molecular weight is 275 g/mol. The first-order valence-electron chi connectivity index (χ1n) is 7.58. The van der Waals surface area contributed by atoms with E-state index in [1.807, 2.05) is 50.1 Å². The molecule has 0 radical (unpaired) electrons. The minimum Gasteiger partial charge on any atom is -0.481 e. The summed E-state index contributed by atoms with van der Waals surface area (Å²) in [4.78, 5) is 14.3. The highest BCUT2D eigenvalue weighted by atomic mass is 16.5. The molecule has 1 amide bonds. The molecule has 1 aliphatic carbocycles. The lowest BCUT2D eigenvalue weighted by molar-refractivity contribution is -0.139. The molecule has 0 saturated heterocycles. The van der Waals surface area contributed by atoms with Crippen molar-refractivity contribution in [1.29, 1.82) is 0 Å². The Kier molecular flexibility index (Phi) is 5.05. The van der Waals surface area contributed by atoms with Crippen LogP contribution in [0.15, 0.2) is 24.3 Å². The predicted octanol–water partition coefficient (Wildman–Crippen LogP) is 3.55. The van der Waals surface area contributed by atoms with Gasteiger partial charge in [-0.1, -0.05) is 37.0 Å². The zero-order valence-corrected chi connectivity index (χ0v) is 12.8. The summed E-state index contributed by atoms with van der Waals surface area (Å²) in [7, 11) is 1.91. The molecule has 3 nitrogen and oxygen atoms in total. The smallest absolute Gasteiger partial charge is 0.263 e. The van der Waals surface area contributed by atoms with Gasteiger partial charge in [-0.05, 0) is 38.8 Å². The van der Waals surface area contributed by atoms with Crippen LogP contribution < -0.4 is 4.74 Å². The van der Waals surface area contributed by atoms with E-state index >= 15 is 0 Å². The largest absolute Gasteiger partial charge is 0.481 e. The highest BCUT2D eigenvalue weighted by molar-refractivity contribution is 5.81. The number of hydrogen-bond acceptors (Lipinski definition) is 2. The Morgan fingerprint density at radius 1 is 1.20 bits per heavy atom. The number of ether oxygens (including phenoxy) is 1. The molecule has 1 aromatic rings. The fourth-order valence-electron chi connectivity index (χ4n) is 2.81. The van der Waals surface area contributed by atoms with Gasteiger partial charge < -0.3 is 9.64 Å². The van der Waals surface area contributed by atoms with Crippen molar-refractivity contribution >= 4 is 5.91 Å². The van der Waals surface area contributed by atoms with E-state index in [1.54, 1.807) is 0 Å². The maximum Gasteiger partial charge on any atom is 0.263 e. The van der Waals surface area contributed by atoms with Crippen molar-refractivity contribution in [2.45, 2.75) is 58.1 Å². The molecule has 3 heteroatoms. The number of nitrogens with zero attached hydrogens (tertiary/aromatic N) is 1. The number of aryl methyl sites for hydroxylation is 1. The first kappa shape index (κ1) is 14.9. The van der Waals surface area contributed by atoms with Gasteiger partial charge in [-0.3, -0.25) is 4.79 Å². The number of carbonyl (C=O) groups is 1. The Morgan fingerprint density at radius 2 is 1.80 bits per heavy atom. The molecule has 2 rings (SSSR count). The first-order chi connectivity index (χ1) is 9.58.